The highest BCUT2D eigenvalue weighted by Gasteiger charge is 2.61. The van der Waals surface area contributed by atoms with Gasteiger partial charge in [-0.3, -0.25) is 0 Å². The summed E-state index contributed by atoms with van der Waals surface area (Å²) in [4.78, 5) is 0. The molecule has 3 nitrogen and oxygen atoms in total. The molecule has 0 aliphatic heterocycles. The number of hydrogen-bond donors (Lipinski definition) is 0. The molecule has 17 heavy (non-hydrogen) atoms. The molecular formula is C9H12F5N3. The SMILES string of the molecule is CCCc1nnn(CC)c1C(F)(F)C(F)(F)F. The number of rotatable bonds is 4. The first kappa shape index (κ1) is 13.9. The largest absolute Gasteiger partial charge is 0.459 e. The Kier molecular flexibility index (Phi) is 3.73. The van der Waals surface area contributed by atoms with Crippen LogP contribution in [-0.4, -0.2) is 21.2 Å². The molecule has 1 rings (SSSR count). The summed E-state index contributed by atoms with van der Waals surface area (Å²) in [5, 5.41) is 6.71. The van der Waals surface area contributed by atoms with Crippen molar-refractivity contribution in [3.63, 3.8) is 0 Å². The Balaban J connectivity index is 3.31. The Bertz CT molecular complexity index is 382. The molecule has 0 saturated carbocycles. The molecule has 0 spiro atoms. The average molecular weight is 257 g/mol. The van der Waals surface area contributed by atoms with Crippen molar-refractivity contribution in [3.8, 4) is 0 Å². The van der Waals surface area contributed by atoms with Crippen LogP contribution in [0.2, 0.25) is 0 Å². The molecule has 1 heterocycles. The first-order valence-electron chi connectivity index (χ1n) is 5.13. The second-order valence-electron chi connectivity index (χ2n) is 3.52. The van der Waals surface area contributed by atoms with Gasteiger partial charge in [0.15, 0.2) is 0 Å². The smallest absolute Gasteiger partial charge is 0.243 e. The fraction of sp³-hybridized carbons (Fsp3) is 0.778. The van der Waals surface area contributed by atoms with E-state index in [4.69, 9.17) is 0 Å². The number of nitrogens with zero attached hydrogens (tertiary/aromatic N) is 3. The number of aromatic nitrogens is 3. The lowest BCUT2D eigenvalue weighted by atomic mass is 10.1. The second-order valence-corrected chi connectivity index (χ2v) is 3.52. The Morgan fingerprint density at radius 2 is 1.71 bits per heavy atom. The molecule has 8 heteroatoms. The van der Waals surface area contributed by atoms with Gasteiger partial charge in [-0.25, -0.2) is 4.68 Å². The first-order chi connectivity index (χ1) is 7.75. The lowest BCUT2D eigenvalue weighted by Crippen LogP contribution is -2.36. The molecule has 0 unspecified atom stereocenters. The van der Waals surface area contributed by atoms with Crippen LogP contribution in [0, 0.1) is 0 Å². The molecule has 0 aliphatic carbocycles. The van der Waals surface area contributed by atoms with Gasteiger partial charge >= 0.3 is 12.1 Å². The average Bonchev–Trinajstić information content (AvgIpc) is 2.60. The normalized spacial score (nSPS) is 13.1. The van der Waals surface area contributed by atoms with Crippen LogP contribution in [0.5, 0.6) is 0 Å². The van der Waals surface area contributed by atoms with Gasteiger partial charge in [0.2, 0.25) is 0 Å². The zero-order valence-electron chi connectivity index (χ0n) is 9.35. The number of aryl methyl sites for hydroxylation is 2. The standard InChI is InChI=1S/C9H12F5N3/c1-3-5-6-7(17(4-2)16-15-6)8(10,11)9(12,13)14/h3-5H2,1-2H3. The van der Waals surface area contributed by atoms with Crippen molar-refractivity contribution in [2.24, 2.45) is 0 Å². The topological polar surface area (TPSA) is 30.7 Å². The lowest BCUT2D eigenvalue weighted by Gasteiger charge is -2.20. The van der Waals surface area contributed by atoms with Crippen LogP contribution in [0.3, 0.4) is 0 Å². The van der Waals surface area contributed by atoms with Gasteiger partial charge in [-0.15, -0.1) is 5.10 Å². The van der Waals surface area contributed by atoms with E-state index in [2.05, 4.69) is 10.3 Å². The van der Waals surface area contributed by atoms with Crippen LogP contribution in [0.1, 0.15) is 31.7 Å². The molecule has 0 aliphatic rings. The van der Waals surface area contributed by atoms with Crippen LogP contribution in [0.15, 0.2) is 0 Å². The van der Waals surface area contributed by atoms with Crippen LogP contribution in [-0.2, 0) is 18.9 Å². The van der Waals surface area contributed by atoms with E-state index in [1.54, 1.807) is 6.92 Å². The first-order valence-corrected chi connectivity index (χ1v) is 5.13. The van der Waals surface area contributed by atoms with Crippen molar-refractivity contribution in [2.45, 2.75) is 45.3 Å². The zero-order chi connectivity index (χ0) is 13.3. The molecule has 0 aromatic carbocycles. The van der Waals surface area contributed by atoms with E-state index in [0.29, 0.717) is 11.1 Å². The van der Waals surface area contributed by atoms with Gasteiger partial charge in [0.05, 0.1) is 5.69 Å². The number of alkyl halides is 5. The minimum Gasteiger partial charge on any atom is -0.243 e. The van der Waals surface area contributed by atoms with Crippen molar-refractivity contribution in [2.75, 3.05) is 0 Å². The van der Waals surface area contributed by atoms with Crippen molar-refractivity contribution in [1.82, 2.24) is 15.0 Å². The van der Waals surface area contributed by atoms with Gasteiger partial charge in [-0.1, -0.05) is 18.6 Å². The van der Waals surface area contributed by atoms with Crippen molar-refractivity contribution < 1.29 is 22.0 Å². The minimum atomic E-state index is -5.63. The van der Waals surface area contributed by atoms with E-state index in [0.717, 1.165) is 0 Å². The maximum absolute atomic E-state index is 13.3. The quantitative estimate of drug-likeness (QED) is 0.776. The molecule has 0 radical (unpaired) electrons. The number of hydrogen-bond acceptors (Lipinski definition) is 2. The molecule has 0 N–H and O–H groups in total. The van der Waals surface area contributed by atoms with Crippen LogP contribution < -0.4 is 0 Å². The summed E-state index contributed by atoms with van der Waals surface area (Å²) in [6, 6.07) is 0. The molecular weight excluding hydrogens is 245 g/mol. The summed E-state index contributed by atoms with van der Waals surface area (Å²) in [7, 11) is 0. The van der Waals surface area contributed by atoms with Gasteiger partial charge in [0, 0.05) is 6.54 Å². The molecule has 0 bridgehead atoms. The predicted molar refractivity (Wildman–Crippen MR) is 49.6 cm³/mol. The maximum Gasteiger partial charge on any atom is 0.459 e. The predicted octanol–water partition coefficient (Wildman–Crippen LogP) is 2.90. The second kappa shape index (κ2) is 4.58. The van der Waals surface area contributed by atoms with Gasteiger partial charge in [-0.2, -0.15) is 22.0 Å². The third-order valence-electron chi connectivity index (χ3n) is 2.24. The third kappa shape index (κ3) is 2.39. The molecule has 1 aromatic rings. The highest BCUT2D eigenvalue weighted by molar-refractivity contribution is 5.18. The van der Waals surface area contributed by atoms with E-state index < -0.39 is 17.8 Å². The Hall–Kier alpha value is -1.21. The van der Waals surface area contributed by atoms with Crippen LogP contribution in [0.4, 0.5) is 22.0 Å². The van der Waals surface area contributed by atoms with E-state index >= 15 is 0 Å². The lowest BCUT2D eigenvalue weighted by molar-refractivity contribution is -0.292. The van der Waals surface area contributed by atoms with E-state index in [1.807, 2.05) is 0 Å². The van der Waals surface area contributed by atoms with E-state index in [1.165, 1.54) is 6.92 Å². The Morgan fingerprint density at radius 1 is 1.12 bits per heavy atom. The molecule has 0 fully saturated rings. The Labute approximate surface area is 94.6 Å². The fourth-order valence-corrected chi connectivity index (χ4v) is 1.45. The molecule has 0 amide bonds. The summed E-state index contributed by atoms with van der Waals surface area (Å²) in [6.07, 6.45) is -5.17. The maximum atomic E-state index is 13.3. The summed E-state index contributed by atoms with van der Waals surface area (Å²) >= 11 is 0. The molecule has 98 valence electrons. The van der Waals surface area contributed by atoms with E-state index in [9.17, 15) is 22.0 Å². The zero-order valence-corrected chi connectivity index (χ0v) is 9.35. The highest BCUT2D eigenvalue weighted by atomic mass is 19.4. The van der Waals surface area contributed by atoms with Gasteiger partial charge < -0.3 is 0 Å². The van der Waals surface area contributed by atoms with E-state index in [-0.39, 0.29) is 18.7 Å². The van der Waals surface area contributed by atoms with Gasteiger partial charge in [0.1, 0.15) is 5.69 Å². The van der Waals surface area contributed by atoms with Gasteiger partial charge in [-0.05, 0) is 13.3 Å². The molecule has 0 atom stereocenters. The third-order valence-corrected chi connectivity index (χ3v) is 2.24. The van der Waals surface area contributed by atoms with Crippen molar-refractivity contribution in [3.05, 3.63) is 11.4 Å². The summed E-state index contributed by atoms with van der Waals surface area (Å²) in [6.45, 7) is 3.01. The van der Waals surface area contributed by atoms with Gasteiger partial charge in [0.25, 0.3) is 0 Å². The fourth-order valence-electron chi connectivity index (χ4n) is 1.45. The molecule has 1 aromatic heterocycles. The van der Waals surface area contributed by atoms with Crippen LogP contribution in [0.25, 0.3) is 0 Å². The summed E-state index contributed by atoms with van der Waals surface area (Å²) in [5.41, 5.74) is -1.44. The van der Waals surface area contributed by atoms with Crippen LogP contribution >= 0.6 is 0 Å². The van der Waals surface area contributed by atoms with Crippen molar-refractivity contribution in [1.29, 1.82) is 0 Å². The summed E-state index contributed by atoms with van der Waals surface area (Å²) in [5.74, 6) is -4.92. The monoisotopic (exact) mass is 257 g/mol. The highest BCUT2D eigenvalue weighted by Crippen LogP contribution is 2.44. The molecule has 0 saturated heterocycles. The number of halogens is 5. The minimum absolute atomic E-state index is 0.0427. The Morgan fingerprint density at radius 3 is 2.12 bits per heavy atom. The van der Waals surface area contributed by atoms with Crippen molar-refractivity contribution >= 4 is 0 Å². The summed E-state index contributed by atoms with van der Waals surface area (Å²) < 4.78 is 64.1.